The molecule has 0 amide bonds. The monoisotopic (exact) mass is 266 g/mol. The SMILES string of the molecule is Cc1sc(C(=O)O)cc1Cn1ccc(=O)[nH]c1=O. The Morgan fingerprint density at radius 3 is 2.78 bits per heavy atom. The van der Waals surface area contributed by atoms with Crippen molar-refractivity contribution in [3.05, 3.63) is 54.5 Å². The average Bonchev–Trinajstić information content (AvgIpc) is 2.64. The molecule has 0 radical (unpaired) electrons. The molecule has 0 aliphatic rings. The van der Waals surface area contributed by atoms with Crippen LogP contribution in [0.2, 0.25) is 0 Å². The van der Waals surface area contributed by atoms with Gasteiger partial charge in [0.05, 0.1) is 6.54 Å². The molecular formula is C11H10N2O4S. The molecule has 2 heterocycles. The highest BCUT2D eigenvalue weighted by Gasteiger charge is 2.11. The van der Waals surface area contributed by atoms with E-state index in [2.05, 4.69) is 4.98 Å². The maximum Gasteiger partial charge on any atom is 0.345 e. The van der Waals surface area contributed by atoms with Crippen molar-refractivity contribution >= 4 is 17.3 Å². The highest BCUT2D eigenvalue weighted by atomic mass is 32.1. The van der Waals surface area contributed by atoms with E-state index in [-0.39, 0.29) is 11.4 Å². The Kier molecular flexibility index (Phi) is 3.15. The van der Waals surface area contributed by atoms with Gasteiger partial charge in [0.15, 0.2) is 0 Å². The van der Waals surface area contributed by atoms with E-state index in [1.807, 2.05) is 0 Å². The normalized spacial score (nSPS) is 10.5. The van der Waals surface area contributed by atoms with Crippen molar-refractivity contribution in [3.8, 4) is 0 Å². The molecule has 0 fully saturated rings. The lowest BCUT2D eigenvalue weighted by Crippen LogP contribution is -2.28. The molecule has 0 aliphatic carbocycles. The molecule has 0 atom stereocenters. The number of carboxylic acids is 1. The largest absolute Gasteiger partial charge is 0.477 e. The first-order chi connectivity index (χ1) is 8.47. The van der Waals surface area contributed by atoms with Crippen LogP contribution in [-0.4, -0.2) is 20.6 Å². The number of aryl methyl sites for hydroxylation is 1. The van der Waals surface area contributed by atoms with Crippen LogP contribution in [0.4, 0.5) is 0 Å². The van der Waals surface area contributed by atoms with Gasteiger partial charge in [-0.3, -0.25) is 14.3 Å². The fourth-order valence-corrected chi connectivity index (χ4v) is 2.41. The standard InChI is InChI=1S/C11H10N2O4S/c1-6-7(4-8(18-6)10(15)16)5-13-3-2-9(14)12-11(13)17/h2-4H,5H2,1H3,(H,15,16)(H,12,14,17). The van der Waals surface area contributed by atoms with Crippen molar-refractivity contribution < 1.29 is 9.90 Å². The first-order valence-electron chi connectivity index (χ1n) is 5.10. The summed E-state index contributed by atoms with van der Waals surface area (Å²) in [5.74, 6) is -0.983. The Balaban J connectivity index is 2.37. The van der Waals surface area contributed by atoms with Crippen molar-refractivity contribution in [1.82, 2.24) is 9.55 Å². The number of rotatable bonds is 3. The number of hydrogen-bond acceptors (Lipinski definition) is 4. The lowest BCUT2D eigenvalue weighted by atomic mass is 10.2. The third-order valence-electron chi connectivity index (χ3n) is 2.47. The Morgan fingerprint density at radius 2 is 2.22 bits per heavy atom. The van der Waals surface area contributed by atoms with Gasteiger partial charge in [-0.05, 0) is 18.6 Å². The van der Waals surface area contributed by atoms with Crippen molar-refractivity contribution in [1.29, 1.82) is 0 Å². The Hall–Kier alpha value is -2.15. The summed E-state index contributed by atoms with van der Waals surface area (Å²) < 4.78 is 1.32. The lowest BCUT2D eigenvalue weighted by Gasteiger charge is -2.03. The van der Waals surface area contributed by atoms with Gasteiger partial charge in [-0.2, -0.15) is 0 Å². The van der Waals surface area contributed by atoms with Crippen molar-refractivity contribution in [2.24, 2.45) is 0 Å². The van der Waals surface area contributed by atoms with Crippen LogP contribution < -0.4 is 11.2 Å². The molecule has 0 bridgehead atoms. The van der Waals surface area contributed by atoms with Crippen LogP contribution in [0.15, 0.2) is 27.9 Å². The van der Waals surface area contributed by atoms with E-state index in [0.29, 0.717) is 0 Å². The second kappa shape index (κ2) is 4.61. The highest BCUT2D eigenvalue weighted by molar-refractivity contribution is 7.14. The van der Waals surface area contributed by atoms with E-state index >= 15 is 0 Å². The Morgan fingerprint density at radius 1 is 1.50 bits per heavy atom. The molecule has 0 aromatic carbocycles. The van der Waals surface area contributed by atoms with Crippen LogP contribution in [0.25, 0.3) is 0 Å². The van der Waals surface area contributed by atoms with Gasteiger partial charge in [0.2, 0.25) is 0 Å². The molecule has 0 saturated carbocycles. The summed E-state index contributed by atoms with van der Waals surface area (Å²) in [5.41, 5.74) is -0.207. The van der Waals surface area contributed by atoms with E-state index < -0.39 is 17.2 Å². The molecule has 2 N–H and O–H groups in total. The predicted octanol–water partition coefficient (Wildman–Crippen LogP) is 0.653. The smallest absolute Gasteiger partial charge is 0.345 e. The van der Waals surface area contributed by atoms with Gasteiger partial charge in [-0.15, -0.1) is 11.3 Å². The predicted molar refractivity (Wildman–Crippen MR) is 66.4 cm³/mol. The number of thiophene rings is 1. The third kappa shape index (κ3) is 2.40. The van der Waals surface area contributed by atoms with Gasteiger partial charge in [0, 0.05) is 17.1 Å². The molecule has 0 unspecified atom stereocenters. The van der Waals surface area contributed by atoms with Gasteiger partial charge >= 0.3 is 11.7 Å². The van der Waals surface area contributed by atoms with Crippen LogP contribution in [0.1, 0.15) is 20.1 Å². The number of hydrogen-bond donors (Lipinski definition) is 2. The summed E-state index contributed by atoms with van der Waals surface area (Å²) in [6.45, 7) is 2.04. The molecule has 0 spiro atoms. The molecule has 2 rings (SSSR count). The van der Waals surface area contributed by atoms with Crippen molar-refractivity contribution in [3.63, 3.8) is 0 Å². The van der Waals surface area contributed by atoms with E-state index in [0.717, 1.165) is 21.8 Å². The summed E-state index contributed by atoms with van der Waals surface area (Å²) in [6, 6.07) is 2.79. The maximum atomic E-state index is 11.5. The number of carboxylic acid groups (broad SMARTS) is 1. The van der Waals surface area contributed by atoms with Crippen LogP contribution in [0.3, 0.4) is 0 Å². The molecule has 2 aromatic rings. The number of aromatic amines is 1. The van der Waals surface area contributed by atoms with Gasteiger partial charge in [0.1, 0.15) is 4.88 Å². The first kappa shape index (κ1) is 12.3. The summed E-state index contributed by atoms with van der Waals surface area (Å²) in [7, 11) is 0. The number of aromatic carboxylic acids is 1. The molecule has 0 saturated heterocycles. The second-order valence-electron chi connectivity index (χ2n) is 3.74. The van der Waals surface area contributed by atoms with Gasteiger partial charge in [-0.1, -0.05) is 0 Å². The quantitative estimate of drug-likeness (QED) is 0.853. The van der Waals surface area contributed by atoms with Gasteiger partial charge in [0.25, 0.3) is 5.56 Å². The summed E-state index contributed by atoms with van der Waals surface area (Å²) in [5, 5.41) is 8.87. The summed E-state index contributed by atoms with van der Waals surface area (Å²) in [6.07, 6.45) is 1.39. The molecule has 0 aliphatic heterocycles. The zero-order valence-corrected chi connectivity index (χ0v) is 10.3. The van der Waals surface area contributed by atoms with Crippen molar-refractivity contribution in [2.75, 3.05) is 0 Å². The Labute approximate surface area is 105 Å². The van der Waals surface area contributed by atoms with Crippen LogP contribution >= 0.6 is 11.3 Å². The minimum atomic E-state index is -0.983. The number of nitrogens with one attached hydrogen (secondary N) is 1. The molecule has 6 nitrogen and oxygen atoms in total. The minimum absolute atomic E-state index is 0.236. The van der Waals surface area contributed by atoms with Crippen molar-refractivity contribution in [2.45, 2.75) is 13.5 Å². The molecule has 94 valence electrons. The number of carbonyl (C=O) groups is 1. The molecule has 18 heavy (non-hydrogen) atoms. The first-order valence-corrected chi connectivity index (χ1v) is 5.91. The van der Waals surface area contributed by atoms with E-state index in [9.17, 15) is 14.4 Å². The number of aromatic nitrogens is 2. The third-order valence-corrected chi connectivity index (χ3v) is 3.55. The topological polar surface area (TPSA) is 92.2 Å². The van der Waals surface area contributed by atoms with Gasteiger partial charge < -0.3 is 5.11 Å². The number of H-pyrrole nitrogens is 1. The molecular weight excluding hydrogens is 256 g/mol. The molecule has 2 aromatic heterocycles. The maximum absolute atomic E-state index is 11.5. The average molecular weight is 266 g/mol. The summed E-state index contributed by atoms with van der Waals surface area (Å²) >= 11 is 1.16. The van der Waals surface area contributed by atoms with Crippen LogP contribution in [0, 0.1) is 6.92 Å². The fraction of sp³-hybridized carbons (Fsp3) is 0.182. The molecule has 7 heteroatoms. The lowest BCUT2D eigenvalue weighted by molar-refractivity contribution is 0.0702. The fourth-order valence-electron chi connectivity index (χ4n) is 1.53. The number of nitrogens with zero attached hydrogens (tertiary/aromatic N) is 1. The van der Waals surface area contributed by atoms with E-state index in [1.54, 1.807) is 13.0 Å². The zero-order chi connectivity index (χ0) is 13.3. The Bertz CT molecular complexity index is 710. The minimum Gasteiger partial charge on any atom is -0.477 e. The van der Waals surface area contributed by atoms with Crippen LogP contribution in [0.5, 0.6) is 0 Å². The zero-order valence-electron chi connectivity index (χ0n) is 9.47. The second-order valence-corrected chi connectivity index (χ2v) is 4.99. The van der Waals surface area contributed by atoms with Crippen LogP contribution in [-0.2, 0) is 6.54 Å². The summed E-state index contributed by atoms with van der Waals surface area (Å²) in [4.78, 5) is 36.4. The van der Waals surface area contributed by atoms with Gasteiger partial charge in [-0.25, -0.2) is 9.59 Å². The van der Waals surface area contributed by atoms with E-state index in [4.69, 9.17) is 5.11 Å². The van der Waals surface area contributed by atoms with E-state index in [1.165, 1.54) is 16.8 Å². The highest BCUT2D eigenvalue weighted by Crippen LogP contribution is 2.21.